The third-order valence-corrected chi connectivity index (χ3v) is 3.44. The van der Waals surface area contributed by atoms with E-state index in [1.54, 1.807) is 0 Å². The molecule has 0 spiro atoms. The summed E-state index contributed by atoms with van der Waals surface area (Å²) in [5.41, 5.74) is 2.93. The van der Waals surface area contributed by atoms with Crippen LogP contribution in [-0.2, 0) is 13.0 Å². The standard InChI is InChI=1S/C18H30N2/c1-4-12-19-13-11-17-9-7-8-10-18(17)16-20(14-5-2)15-6-3/h5,7-10,19H,2,4,6,11-16H2,1,3H3. The second-order valence-corrected chi connectivity index (χ2v) is 5.29. The van der Waals surface area contributed by atoms with E-state index in [1.165, 1.54) is 24.0 Å². The molecule has 0 saturated carbocycles. The van der Waals surface area contributed by atoms with Crippen LogP contribution in [0.5, 0.6) is 0 Å². The SMILES string of the molecule is C=CCN(CCC)Cc1ccccc1CCNCCC. The first-order valence-corrected chi connectivity index (χ1v) is 7.92. The molecule has 0 aliphatic heterocycles. The third-order valence-electron chi connectivity index (χ3n) is 3.44. The first-order valence-electron chi connectivity index (χ1n) is 7.92. The molecule has 0 aromatic heterocycles. The summed E-state index contributed by atoms with van der Waals surface area (Å²) in [5.74, 6) is 0. The van der Waals surface area contributed by atoms with Gasteiger partial charge in [0.15, 0.2) is 0 Å². The van der Waals surface area contributed by atoms with Gasteiger partial charge in [0.25, 0.3) is 0 Å². The molecule has 1 aromatic carbocycles. The average molecular weight is 274 g/mol. The molecule has 1 N–H and O–H groups in total. The zero-order chi connectivity index (χ0) is 14.6. The van der Waals surface area contributed by atoms with E-state index in [0.29, 0.717) is 0 Å². The Morgan fingerprint density at radius 2 is 1.85 bits per heavy atom. The molecule has 0 fully saturated rings. The van der Waals surface area contributed by atoms with Gasteiger partial charge in [-0.15, -0.1) is 6.58 Å². The van der Waals surface area contributed by atoms with Crippen molar-refractivity contribution in [2.24, 2.45) is 0 Å². The van der Waals surface area contributed by atoms with Gasteiger partial charge in [-0.3, -0.25) is 4.90 Å². The zero-order valence-corrected chi connectivity index (χ0v) is 13.2. The highest BCUT2D eigenvalue weighted by Crippen LogP contribution is 2.12. The first-order chi connectivity index (χ1) is 9.81. The molecule has 0 aliphatic rings. The Balaban J connectivity index is 2.60. The van der Waals surface area contributed by atoms with Gasteiger partial charge in [-0.05, 0) is 50.0 Å². The Morgan fingerprint density at radius 1 is 1.10 bits per heavy atom. The number of nitrogens with zero attached hydrogens (tertiary/aromatic N) is 1. The topological polar surface area (TPSA) is 15.3 Å². The van der Waals surface area contributed by atoms with Gasteiger partial charge in [-0.1, -0.05) is 44.2 Å². The van der Waals surface area contributed by atoms with Crippen LogP contribution in [0, 0.1) is 0 Å². The van der Waals surface area contributed by atoms with Crippen LogP contribution in [-0.4, -0.2) is 31.1 Å². The Bertz CT molecular complexity index is 373. The maximum atomic E-state index is 3.87. The van der Waals surface area contributed by atoms with Crippen molar-refractivity contribution in [2.75, 3.05) is 26.2 Å². The molecule has 0 radical (unpaired) electrons. The predicted molar refractivity (Wildman–Crippen MR) is 89.1 cm³/mol. The molecule has 112 valence electrons. The summed E-state index contributed by atoms with van der Waals surface area (Å²) in [6, 6.07) is 8.83. The van der Waals surface area contributed by atoms with E-state index >= 15 is 0 Å². The Hall–Kier alpha value is -1.12. The van der Waals surface area contributed by atoms with Gasteiger partial charge in [0, 0.05) is 13.1 Å². The van der Waals surface area contributed by atoms with Crippen molar-refractivity contribution in [1.29, 1.82) is 0 Å². The van der Waals surface area contributed by atoms with Gasteiger partial charge in [-0.2, -0.15) is 0 Å². The lowest BCUT2D eigenvalue weighted by atomic mass is 10.0. The fourth-order valence-corrected chi connectivity index (χ4v) is 2.46. The molecule has 0 atom stereocenters. The van der Waals surface area contributed by atoms with E-state index in [-0.39, 0.29) is 0 Å². The van der Waals surface area contributed by atoms with Gasteiger partial charge in [0.1, 0.15) is 0 Å². The largest absolute Gasteiger partial charge is 0.316 e. The predicted octanol–water partition coefficient (Wildman–Crippen LogP) is 3.63. The van der Waals surface area contributed by atoms with E-state index in [9.17, 15) is 0 Å². The molecule has 0 bridgehead atoms. The van der Waals surface area contributed by atoms with Crippen LogP contribution in [0.2, 0.25) is 0 Å². The minimum absolute atomic E-state index is 0.969. The molecule has 1 aromatic rings. The molecule has 20 heavy (non-hydrogen) atoms. The maximum Gasteiger partial charge on any atom is 0.0239 e. The second kappa shape index (κ2) is 10.6. The quantitative estimate of drug-likeness (QED) is 0.490. The molecule has 0 unspecified atom stereocenters. The lowest BCUT2D eigenvalue weighted by Gasteiger charge is -2.21. The number of hydrogen-bond donors (Lipinski definition) is 1. The minimum Gasteiger partial charge on any atom is -0.316 e. The van der Waals surface area contributed by atoms with Crippen LogP contribution in [0.4, 0.5) is 0 Å². The van der Waals surface area contributed by atoms with Crippen molar-refractivity contribution in [1.82, 2.24) is 10.2 Å². The van der Waals surface area contributed by atoms with Crippen LogP contribution < -0.4 is 5.32 Å². The molecular formula is C18H30N2. The van der Waals surface area contributed by atoms with Crippen molar-refractivity contribution >= 4 is 0 Å². The van der Waals surface area contributed by atoms with Crippen LogP contribution in [0.1, 0.15) is 37.8 Å². The third kappa shape index (κ3) is 6.36. The number of hydrogen-bond acceptors (Lipinski definition) is 2. The number of benzene rings is 1. The lowest BCUT2D eigenvalue weighted by Crippen LogP contribution is -2.25. The van der Waals surface area contributed by atoms with Crippen LogP contribution in [0.25, 0.3) is 0 Å². The van der Waals surface area contributed by atoms with E-state index < -0.39 is 0 Å². The van der Waals surface area contributed by atoms with Gasteiger partial charge >= 0.3 is 0 Å². The number of rotatable bonds is 11. The molecule has 1 rings (SSSR count). The molecule has 2 heteroatoms. The van der Waals surface area contributed by atoms with Crippen molar-refractivity contribution in [3.63, 3.8) is 0 Å². The molecule has 0 heterocycles. The first kappa shape index (κ1) is 16.9. The number of nitrogens with one attached hydrogen (secondary N) is 1. The summed E-state index contributed by atoms with van der Waals surface area (Å²) in [4.78, 5) is 2.46. The van der Waals surface area contributed by atoms with E-state index in [1.807, 2.05) is 6.08 Å². The monoisotopic (exact) mass is 274 g/mol. The molecular weight excluding hydrogens is 244 g/mol. The van der Waals surface area contributed by atoms with E-state index in [2.05, 4.69) is 54.9 Å². The Labute approximate surface area is 124 Å². The Morgan fingerprint density at radius 3 is 2.50 bits per heavy atom. The summed E-state index contributed by atoms with van der Waals surface area (Å²) in [7, 11) is 0. The van der Waals surface area contributed by atoms with Gasteiger partial charge in [0.2, 0.25) is 0 Å². The molecule has 0 aliphatic carbocycles. The van der Waals surface area contributed by atoms with Crippen LogP contribution >= 0.6 is 0 Å². The van der Waals surface area contributed by atoms with Crippen LogP contribution in [0.3, 0.4) is 0 Å². The second-order valence-electron chi connectivity index (χ2n) is 5.29. The van der Waals surface area contributed by atoms with E-state index in [4.69, 9.17) is 0 Å². The summed E-state index contributed by atoms with van der Waals surface area (Å²) in [6.45, 7) is 13.6. The fraction of sp³-hybridized carbons (Fsp3) is 0.556. The van der Waals surface area contributed by atoms with Crippen molar-refractivity contribution in [3.05, 3.63) is 48.0 Å². The zero-order valence-electron chi connectivity index (χ0n) is 13.2. The van der Waals surface area contributed by atoms with Crippen molar-refractivity contribution in [2.45, 2.75) is 39.7 Å². The molecule has 0 amide bonds. The molecule has 2 nitrogen and oxygen atoms in total. The van der Waals surface area contributed by atoms with Crippen molar-refractivity contribution < 1.29 is 0 Å². The summed E-state index contributed by atoms with van der Waals surface area (Å²) in [5, 5.41) is 3.48. The summed E-state index contributed by atoms with van der Waals surface area (Å²) >= 11 is 0. The highest BCUT2D eigenvalue weighted by Gasteiger charge is 2.07. The maximum absolute atomic E-state index is 3.87. The highest BCUT2D eigenvalue weighted by molar-refractivity contribution is 5.27. The highest BCUT2D eigenvalue weighted by atomic mass is 15.1. The van der Waals surface area contributed by atoms with E-state index in [0.717, 1.165) is 39.1 Å². The fourth-order valence-electron chi connectivity index (χ4n) is 2.46. The smallest absolute Gasteiger partial charge is 0.0239 e. The minimum atomic E-state index is 0.969. The normalized spacial score (nSPS) is 10.9. The molecule has 0 saturated heterocycles. The van der Waals surface area contributed by atoms with Gasteiger partial charge in [0.05, 0.1) is 0 Å². The van der Waals surface area contributed by atoms with Gasteiger partial charge in [-0.25, -0.2) is 0 Å². The summed E-state index contributed by atoms with van der Waals surface area (Å²) in [6.07, 6.45) is 5.50. The van der Waals surface area contributed by atoms with Gasteiger partial charge < -0.3 is 5.32 Å². The van der Waals surface area contributed by atoms with Crippen molar-refractivity contribution in [3.8, 4) is 0 Å². The average Bonchev–Trinajstić information content (AvgIpc) is 2.46. The lowest BCUT2D eigenvalue weighted by molar-refractivity contribution is 0.294. The van der Waals surface area contributed by atoms with Crippen LogP contribution in [0.15, 0.2) is 36.9 Å². The Kier molecular flexibility index (Phi) is 9.01. The summed E-state index contributed by atoms with van der Waals surface area (Å²) < 4.78 is 0.